The summed E-state index contributed by atoms with van der Waals surface area (Å²) in [5.74, 6) is 0.664. The number of nitrogens with zero attached hydrogens (tertiary/aromatic N) is 2. The van der Waals surface area contributed by atoms with Crippen molar-refractivity contribution in [2.75, 3.05) is 13.1 Å². The van der Waals surface area contributed by atoms with E-state index in [0.717, 1.165) is 13.1 Å². The van der Waals surface area contributed by atoms with E-state index in [4.69, 9.17) is 0 Å². The Morgan fingerprint density at radius 2 is 2.50 bits per heavy atom. The first-order valence-electron chi connectivity index (χ1n) is 4.12. The molecule has 0 saturated carbocycles. The first-order valence-corrected chi connectivity index (χ1v) is 4.12. The average molecular weight is 140 g/mol. The molecule has 0 aromatic carbocycles. The van der Waals surface area contributed by atoms with Gasteiger partial charge in [-0.3, -0.25) is 5.01 Å². The fourth-order valence-electron chi connectivity index (χ4n) is 1.12. The molecule has 1 heterocycles. The minimum absolute atomic E-state index is 0.664. The Bertz CT molecular complexity index is 120. The van der Waals surface area contributed by atoms with Crippen LogP contribution < -0.4 is 0 Å². The molecule has 10 heavy (non-hydrogen) atoms. The molecule has 0 spiro atoms. The number of rotatable bonds is 3. The maximum atomic E-state index is 4.26. The molecule has 1 rings (SSSR count). The van der Waals surface area contributed by atoms with E-state index in [9.17, 15) is 0 Å². The van der Waals surface area contributed by atoms with Gasteiger partial charge in [0.25, 0.3) is 0 Å². The van der Waals surface area contributed by atoms with Crippen molar-refractivity contribution in [3.8, 4) is 0 Å². The lowest BCUT2D eigenvalue weighted by molar-refractivity contribution is 0.295. The van der Waals surface area contributed by atoms with Crippen LogP contribution in [0, 0.1) is 5.92 Å². The first-order chi connectivity index (χ1) is 4.83. The van der Waals surface area contributed by atoms with Gasteiger partial charge in [-0.1, -0.05) is 20.3 Å². The summed E-state index contributed by atoms with van der Waals surface area (Å²) in [6.45, 7) is 6.68. The third-order valence-electron chi connectivity index (χ3n) is 1.75. The summed E-state index contributed by atoms with van der Waals surface area (Å²) >= 11 is 0. The van der Waals surface area contributed by atoms with Crippen molar-refractivity contribution in [2.45, 2.75) is 26.7 Å². The lowest BCUT2D eigenvalue weighted by Crippen LogP contribution is -2.18. The molecule has 0 radical (unpaired) electrons. The standard InChI is InChI=1S/C8H16N2/c1-3-4-5-10-7-8(2)6-9-10/h6,8H,3-5,7H2,1-2H3. The van der Waals surface area contributed by atoms with Crippen molar-refractivity contribution in [3.63, 3.8) is 0 Å². The number of hydrogen-bond donors (Lipinski definition) is 0. The SMILES string of the molecule is CCCCN1CC(C)C=N1. The van der Waals surface area contributed by atoms with Crippen molar-refractivity contribution in [3.05, 3.63) is 0 Å². The molecule has 0 bridgehead atoms. The van der Waals surface area contributed by atoms with Gasteiger partial charge in [0, 0.05) is 25.2 Å². The van der Waals surface area contributed by atoms with E-state index in [1.165, 1.54) is 12.8 Å². The highest BCUT2D eigenvalue weighted by Gasteiger charge is 2.10. The van der Waals surface area contributed by atoms with Crippen LogP contribution in [0.25, 0.3) is 0 Å². The van der Waals surface area contributed by atoms with Crippen LogP contribution in [0.1, 0.15) is 26.7 Å². The molecule has 1 aliphatic heterocycles. The molecule has 0 N–H and O–H groups in total. The van der Waals surface area contributed by atoms with E-state index < -0.39 is 0 Å². The van der Waals surface area contributed by atoms with Crippen LogP contribution in [-0.2, 0) is 0 Å². The van der Waals surface area contributed by atoms with Gasteiger partial charge in [0.2, 0.25) is 0 Å². The summed E-state index contributed by atoms with van der Waals surface area (Å²) < 4.78 is 0. The van der Waals surface area contributed by atoms with E-state index in [1.54, 1.807) is 0 Å². The first kappa shape index (κ1) is 7.58. The van der Waals surface area contributed by atoms with Crippen LogP contribution in [0.3, 0.4) is 0 Å². The van der Waals surface area contributed by atoms with E-state index >= 15 is 0 Å². The van der Waals surface area contributed by atoms with Crippen molar-refractivity contribution >= 4 is 6.21 Å². The second-order valence-electron chi connectivity index (χ2n) is 3.01. The Morgan fingerprint density at radius 1 is 1.70 bits per heavy atom. The van der Waals surface area contributed by atoms with Gasteiger partial charge in [-0.2, -0.15) is 5.10 Å². The van der Waals surface area contributed by atoms with E-state index in [1.807, 2.05) is 6.21 Å². The monoisotopic (exact) mass is 140 g/mol. The zero-order valence-electron chi connectivity index (χ0n) is 6.88. The minimum atomic E-state index is 0.664. The van der Waals surface area contributed by atoms with E-state index in [2.05, 4.69) is 24.0 Å². The molecule has 0 aliphatic carbocycles. The quantitative estimate of drug-likeness (QED) is 0.583. The molecule has 0 aromatic rings. The Kier molecular flexibility index (Phi) is 2.72. The molecule has 0 saturated heterocycles. The molecule has 58 valence electrons. The van der Waals surface area contributed by atoms with Crippen molar-refractivity contribution in [2.24, 2.45) is 11.0 Å². The average Bonchev–Trinajstić information content (AvgIpc) is 2.31. The zero-order chi connectivity index (χ0) is 7.40. The van der Waals surface area contributed by atoms with Crippen LogP contribution in [-0.4, -0.2) is 24.3 Å². The molecule has 1 unspecified atom stereocenters. The fourth-order valence-corrected chi connectivity index (χ4v) is 1.12. The molecule has 0 fully saturated rings. The smallest absolute Gasteiger partial charge is 0.0436 e. The predicted octanol–water partition coefficient (Wildman–Crippen LogP) is 1.72. The minimum Gasteiger partial charge on any atom is -0.297 e. The van der Waals surface area contributed by atoms with Gasteiger partial charge in [-0.15, -0.1) is 0 Å². The molecular weight excluding hydrogens is 124 g/mol. The van der Waals surface area contributed by atoms with Crippen molar-refractivity contribution in [1.82, 2.24) is 5.01 Å². The second kappa shape index (κ2) is 3.59. The molecule has 1 atom stereocenters. The van der Waals surface area contributed by atoms with Crippen LogP contribution in [0.15, 0.2) is 5.10 Å². The Labute approximate surface area is 62.9 Å². The summed E-state index contributed by atoms with van der Waals surface area (Å²) in [5.41, 5.74) is 0. The topological polar surface area (TPSA) is 15.6 Å². The van der Waals surface area contributed by atoms with Crippen LogP contribution in [0.5, 0.6) is 0 Å². The second-order valence-corrected chi connectivity index (χ2v) is 3.01. The fraction of sp³-hybridized carbons (Fsp3) is 0.875. The Hall–Kier alpha value is -0.530. The van der Waals surface area contributed by atoms with Gasteiger partial charge in [-0.25, -0.2) is 0 Å². The highest BCUT2D eigenvalue weighted by molar-refractivity contribution is 5.61. The van der Waals surface area contributed by atoms with Gasteiger partial charge in [0.15, 0.2) is 0 Å². The highest BCUT2D eigenvalue weighted by Crippen LogP contribution is 2.07. The van der Waals surface area contributed by atoms with Gasteiger partial charge in [0.1, 0.15) is 0 Å². The predicted molar refractivity (Wildman–Crippen MR) is 44.1 cm³/mol. The molecular formula is C8H16N2. The third kappa shape index (κ3) is 2.01. The lowest BCUT2D eigenvalue weighted by atomic mass is 10.2. The number of hydrazone groups is 1. The van der Waals surface area contributed by atoms with Gasteiger partial charge >= 0.3 is 0 Å². The maximum Gasteiger partial charge on any atom is 0.0436 e. The van der Waals surface area contributed by atoms with Crippen LogP contribution in [0.2, 0.25) is 0 Å². The summed E-state index contributed by atoms with van der Waals surface area (Å²) in [4.78, 5) is 0. The normalized spacial score (nSPS) is 24.2. The van der Waals surface area contributed by atoms with Crippen LogP contribution in [0.4, 0.5) is 0 Å². The van der Waals surface area contributed by atoms with E-state index in [-0.39, 0.29) is 0 Å². The lowest BCUT2D eigenvalue weighted by Gasteiger charge is -2.13. The molecule has 1 aliphatic rings. The van der Waals surface area contributed by atoms with Crippen molar-refractivity contribution < 1.29 is 0 Å². The van der Waals surface area contributed by atoms with Crippen LogP contribution >= 0.6 is 0 Å². The summed E-state index contributed by atoms with van der Waals surface area (Å²) in [6.07, 6.45) is 4.57. The maximum absolute atomic E-state index is 4.26. The Balaban J connectivity index is 2.14. The zero-order valence-corrected chi connectivity index (χ0v) is 6.88. The third-order valence-corrected chi connectivity index (χ3v) is 1.75. The molecule has 0 aromatic heterocycles. The number of unbranched alkanes of at least 4 members (excludes halogenated alkanes) is 1. The van der Waals surface area contributed by atoms with E-state index in [0.29, 0.717) is 5.92 Å². The summed E-state index contributed by atoms with van der Waals surface area (Å²) in [5, 5.41) is 6.42. The van der Waals surface area contributed by atoms with Gasteiger partial charge < -0.3 is 0 Å². The summed E-state index contributed by atoms with van der Waals surface area (Å²) in [7, 11) is 0. The molecule has 0 amide bonds. The van der Waals surface area contributed by atoms with Gasteiger partial charge in [-0.05, 0) is 6.42 Å². The van der Waals surface area contributed by atoms with Gasteiger partial charge in [0.05, 0.1) is 0 Å². The van der Waals surface area contributed by atoms with Crippen molar-refractivity contribution in [1.29, 1.82) is 0 Å². The highest BCUT2D eigenvalue weighted by atomic mass is 15.5. The molecule has 2 heteroatoms. The number of hydrogen-bond acceptors (Lipinski definition) is 2. The molecule has 2 nitrogen and oxygen atoms in total. The largest absolute Gasteiger partial charge is 0.297 e. The Morgan fingerprint density at radius 3 is 3.00 bits per heavy atom. The summed E-state index contributed by atoms with van der Waals surface area (Å²) in [6, 6.07) is 0.